The molecule has 0 saturated carbocycles. The fraction of sp³-hybridized carbons (Fsp3) is 0.462. The van der Waals surface area contributed by atoms with E-state index in [2.05, 4.69) is 40.0 Å². The average molecular weight is 325 g/mol. The molecule has 8 nitrogen and oxygen atoms in total. The molecule has 0 aromatic carbocycles. The molecule has 2 aliphatic heterocycles. The van der Waals surface area contributed by atoms with Gasteiger partial charge in [0.15, 0.2) is 5.17 Å². The van der Waals surface area contributed by atoms with E-state index in [0.717, 1.165) is 6.54 Å². The lowest BCUT2D eigenvalue weighted by Gasteiger charge is -2.32. The van der Waals surface area contributed by atoms with Crippen molar-refractivity contribution in [1.29, 1.82) is 5.41 Å². The lowest BCUT2D eigenvalue weighted by molar-refractivity contribution is 0.355. The molecule has 0 aromatic heterocycles. The van der Waals surface area contributed by atoms with Crippen LogP contribution in [-0.4, -0.2) is 42.0 Å². The summed E-state index contributed by atoms with van der Waals surface area (Å²) in [6, 6.07) is 0. The molecule has 2 rings (SSSR count). The summed E-state index contributed by atoms with van der Waals surface area (Å²) in [6.45, 7) is 5.04. The molecule has 1 atom stereocenters. The molecule has 0 spiro atoms. The number of fused-ring (bicyclic) bond motifs is 1. The molecular weight excluding hydrogens is 304 g/mol. The van der Waals surface area contributed by atoms with Gasteiger partial charge in [0.1, 0.15) is 12.0 Å². The Hall–Kier alpha value is -2.22. The first-order valence-corrected chi connectivity index (χ1v) is 7.33. The molecule has 22 heavy (non-hydrogen) atoms. The number of allylic oxidation sites excluding steroid dienone is 1. The van der Waals surface area contributed by atoms with E-state index in [1.165, 1.54) is 6.21 Å². The number of likely N-dealkylation sites (N-methyl/N-ethyl adjacent to an activating group) is 1. The standard InChI is InChI=1S/C13H21ClN8/c1-7(2)5-17-6-8(4-15)18-13-19-11(16)9-10(14)20-21-12(9)22(13)3/h4,6-7,12,15,17,21H,5,16H2,1-3H3,(H,18,19)/b8-6+,15-4?. The number of nitrogens with one attached hydrogen (secondary N) is 4. The van der Waals surface area contributed by atoms with Gasteiger partial charge in [-0.05, 0) is 5.92 Å². The van der Waals surface area contributed by atoms with Crippen LogP contribution >= 0.6 is 11.6 Å². The highest BCUT2D eigenvalue weighted by Gasteiger charge is 2.35. The summed E-state index contributed by atoms with van der Waals surface area (Å²) < 4.78 is 0. The van der Waals surface area contributed by atoms with Crippen LogP contribution in [0.2, 0.25) is 0 Å². The van der Waals surface area contributed by atoms with Gasteiger partial charge in [0.05, 0.1) is 11.3 Å². The van der Waals surface area contributed by atoms with E-state index in [4.69, 9.17) is 22.7 Å². The van der Waals surface area contributed by atoms with Crippen molar-refractivity contribution in [3.05, 3.63) is 23.3 Å². The maximum Gasteiger partial charge on any atom is 0.206 e. The van der Waals surface area contributed by atoms with E-state index in [1.54, 1.807) is 6.20 Å². The van der Waals surface area contributed by atoms with Crippen LogP contribution in [0.25, 0.3) is 0 Å². The Morgan fingerprint density at radius 2 is 2.32 bits per heavy atom. The Labute approximate surface area is 134 Å². The number of nitrogens with zero attached hydrogens (tertiary/aromatic N) is 3. The molecule has 2 aliphatic rings. The van der Waals surface area contributed by atoms with E-state index >= 15 is 0 Å². The summed E-state index contributed by atoms with van der Waals surface area (Å²) in [4.78, 5) is 6.12. The van der Waals surface area contributed by atoms with Gasteiger partial charge in [-0.2, -0.15) is 10.1 Å². The van der Waals surface area contributed by atoms with Gasteiger partial charge in [-0.3, -0.25) is 5.43 Å². The summed E-state index contributed by atoms with van der Waals surface area (Å²) in [5, 5.41) is 18.0. The lowest BCUT2D eigenvalue weighted by Crippen LogP contribution is -2.52. The van der Waals surface area contributed by atoms with Gasteiger partial charge in [-0.15, -0.1) is 0 Å². The number of nitrogens with two attached hydrogens (primary N) is 1. The number of rotatable bonds is 5. The highest BCUT2D eigenvalue weighted by atomic mass is 35.5. The maximum absolute atomic E-state index is 7.49. The molecule has 0 aromatic rings. The van der Waals surface area contributed by atoms with E-state index in [1.807, 2.05) is 11.9 Å². The molecule has 9 heteroatoms. The summed E-state index contributed by atoms with van der Waals surface area (Å²) in [5.41, 5.74) is 10.1. The molecule has 0 radical (unpaired) electrons. The predicted octanol–water partition coefficient (Wildman–Crippen LogP) is 0.266. The molecule has 120 valence electrons. The van der Waals surface area contributed by atoms with Crippen LogP contribution in [0.1, 0.15) is 13.8 Å². The van der Waals surface area contributed by atoms with Crippen molar-refractivity contribution in [2.45, 2.75) is 20.0 Å². The Balaban J connectivity index is 2.13. The third-order valence-corrected chi connectivity index (χ3v) is 3.49. The largest absolute Gasteiger partial charge is 0.389 e. The number of hydrogen-bond donors (Lipinski definition) is 5. The average Bonchev–Trinajstić information content (AvgIpc) is 2.85. The minimum atomic E-state index is -0.261. The SMILES string of the molecule is CC(C)CN/C=C(\C=N)NC1=NC(N)=C2C(Cl)=NNC2N1C. The second kappa shape index (κ2) is 6.69. The molecule has 2 heterocycles. The van der Waals surface area contributed by atoms with Crippen LogP contribution in [0.5, 0.6) is 0 Å². The van der Waals surface area contributed by atoms with Crippen molar-refractivity contribution in [3.63, 3.8) is 0 Å². The zero-order chi connectivity index (χ0) is 16.3. The first-order chi connectivity index (χ1) is 10.4. The van der Waals surface area contributed by atoms with Gasteiger partial charge >= 0.3 is 0 Å². The second-order valence-electron chi connectivity index (χ2n) is 5.45. The van der Waals surface area contributed by atoms with Crippen molar-refractivity contribution in [1.82, 2.24) is 21.0 Å². The van der Waals surface area contributed by atoms with Gasteiger partial charge < -0.3 is 26.7 Å². The van der Waals surface area contributed by atoms with Gasteiger partial charge in [-0.1, -0.05) is 25.4 Å². The number of halogens is 1. The molecule has 6 N–H and O–H groups in total. The van der Waals surface area contributed by atoms with Gasteiger partial charge in [0, 0.05) is 26.0 Å². The fourth-order valence-corrected chi connectivity index (χ4v) is 2.27. The number of guanidine groups is 1. The van der Waals surface area contributed by atoms with Crippen molar-refractivity contribution < 1.29 is 0 Å². The summed E-state index contributed by atoms with van der Waals surface area (Å²) in [7, 11) is 1.84. The minimum absolute atomic E-state index is 0.261. The maximum atomic E-state index is 7.49. The lowest BCUT2D eigenvalue weighted by atomic mass is 10.2. The zero-order valence-electron chi connectivity index (χ0n) is 12.8. The zero-order valence-corrected chi connectivity index (χ0v) is 13.6. The van der Waals surface area contributed by atoms with Crippen LogP contribution in [-0.2, 0) is 0 Å². The van der Waals surface area contributed by atoms with E-state index in [0.29, 0.717) is 34.1 Å². The normalized spacial score (nSPS) is 21.2. The van der Waals surface area contributed by atoms with Crippen LogP contribution in [0.4, 0.5) is 0 Å². The van der Waals surface area contributed by atoms with Crippen molar-refractivity contribution >= 4 is 28.9 Å². The van der Waals surface area contributed by atoms with Gasteiger partial charge in [-0.25, -0.2) is 0 Å². The quantitative estimate of drug-likeness (QED) is 0.466. The summed E-state index contributed by atoms with van der Waals surface area (Å²) in [6.07, 6.45) is 2.69. The Bertz CT molecular complexity index is 575. The Morgan fingerprint density at radius 1 is 1.59 bits per heavy atom. The highest BCUT2D eigenvalue weighted by Crippen LogP contribution is 2.23. The van der Waals surface area contributed by atoms with Gasteiger partial charge in [0.2, 0.25) is 5.96 Å². The van der Waals surface area contributed by atoms with Crippen LogP contribution in [0.3, 0.4) is 0 Å². The number of aliphatic imine (C=N–C) groups is 1. The van der Waals surface area contributed by atoms with Crippen LogP contribution < -0.4 is 21.8 Å². The van der Waals surface area contributed by atoms with E-state index in [9.17, 15) is 0 Å². The molecular formula is C13H21ClN8. The molecule has 0 bridgehead atoms. The second-order valence-corrected chi connectivity index (χ2v) is 5.81. The summed E-state index contributed by atoms with van der Waals surface area (Å²) in [5.74, 6) is 1.34. The van der Waals surface area contributed by atoms with E-state index < -0.39 is 0 Å². The van der Waals surface area contributed by atoms with E-state index in [-0.39, 0.29) is 6.17 Å². The topological polar surface area (TPSA) is 114 Å². The number of hydrazone groups is 1. The van der Waals surface area contributed by atoms with Crippen molar-refractivity contribution in [2.24, 2.45) is 21.7 Å². The Kier molecular flexibility index (Phi) is 4.92. The minimum Gasteiger partial charge on any atom is -0.389 e. The fourth-order valence-electron chi connectivity index (χ4n) is 2.02. The molecule has 1 unspecified atom stereocenters. The third kappa shape index (κ3) is 3.33. The van der Waals surface area contributed by atoms with Gasteiger partial charge in [0.25, 0.3) is 0 Å². The smallest absolute Gasteiger partial charge is 0.206 e. The molecule has 0 saturated heterocycles. The third-order valence-electron chi connectivity index (χ3n) is 3.20. The monoisotopic (exact) mass is 324 g/mol. The highest BCUT2D eigenvalue weighted by molar-refractivity contribution is 6.70. The molecule has 0 amide bonds. The molecule has 0 aliphatic carbocycles. The summed E-state index contributed by atoms with van der Waals surface area (Å²) >= 11 is 6.00. The van der Waals surface area contributed by atoms with Crippen LogP contribution in [0.15, 0.2) is 33.4 Å². The Morgan fingerprint density at radius 3 is 2.95 bits per heavy atom. The predicted molar refractivity (Wildman–Crippen MR) is 89.5 cm³/mol. The number of hydrogen-bond acceptors (Lipinski definition) is 8. The van der Waals surface area contributed by atoms with Crippen molar-refractivity contribution in [2.75, 3.05) is 13.6 Å². The first-order valence-electron chi connectivity index (χ1n) is 6.95. The van der Waals surface area contributed by atoms with Crippen molar-refractivity contribution in [3.8, 4) is 0 Å². The van der Waals surface area contributed by atoms with Crippen LogP contribution in [0, 0.1) is 11.3 Å². The molecule has 0 fully saturated rings. The first kappa shape index (κ1) is 16.2.